The van der Waals surface area contributed by atoms with Gasteiger partial charge in [0.1, 0.15) is 0 Å². The summed E-state index contributed by atoms with van der Waals surface area (Å²) in [5.41, 5.74) is 3.16. The molecular weight excluding hydrogens is 262 g/mol. The lowest BCUT2D eigenvalue weighted by Gasteiger charge is -2.17. The molecule has 0 bridgehead atoms. The third-order valence-electron chi connectivity index (χ3n) is 3.46. The molecule has 0 heterocycles. The molecule has 1 saturated carbocycles. The van der Waals surface area contributed by atoms with Gasteiger partial charge in [-0.25, -0.2) is 13.1 Å². The van der Waals surface area contributed by atoms with E-state index in [1.807, 2.05) is 6.92 Å². The fourth-order valence-corrected chi connectivity index (χ4v) is 3.40. The Bertz CT molecular complexity index is 509. The second-order valence-corrected chi connectivity index (χ2v) is 6.79. The van der Waals surface area contributed by atoms with Crippen molar-refractivity contribution in [1.82, 2.24) is 4.72 Å². The lowest BCUT2D eigenvalue weighted by Crippen LogP contribution is -2.34. The predicted octanol–water partition coefficient (Wildman–Crippen LogP) is 1.83. The second-order valence-electron chi connectivity index (χ2n) is 5.07. The zero-order valence-electron chi connectivity index (χ0n) is 11.1. The van der Waals surface area contributed by atoms with Crippen LogP contribution in [0.1, 0.15) is 32.6 Å². The number of rotatable bonds is 7. The second kappa shape index (κ2) is 5.90. The van der Waals surface area contributed by atoms with E-state index in [0.717, 1.165) is 12.8 Å². The molecule has 1 aromatic rings. The van der Waals surface area contributed by atoms with Gasteiger partial charge < -0.3 is 5.43 Å². The molecule has 4 N–H and O–H groups in total. The summed E-state index contributed by atoms with van der Waals surface area (Å²) in [6.45, 7) is 2.01. The van der Waals surface area contributed by atoms with Crippen molar-refractivity contribution in [3.8, 4) is 0 Å². The number of hydrazine groups is 1. The van der Waals surface area contributed by atoms with Crippen molar-refractivity contribution in [2.45, 2.75) is 43.5 Å². The molecule has 0 saturated heterocycles. The van der Waals surface area contributed by atoms with E-state index in [-0.39, 0.29) is 10.9 Å². The van der Waals surface area contributed by atoms with Crippen LogP contribution in [0.15, 0.2) is 29.2 Å². The number of nitrogens with one attached hydrogen (secondary N) is 2. The van der Waals surface area contributed by atoms with Crippen LogP contribution in [0, 0.1) is 5.92 Å². The van der Waals surface area contributed by atoms with Crippen molar-refractivity contribution in [2.24, 2.45) is 11.8 Å². The summed E-state index contributed by atoms with van der Waals surface area (Å²) < 4.78 is 27.3. The molecule has 0 aliphatic heterocycles. The first kappa shape index (κ1) is 14.3. The van der Waals surface area contributed by atoms with Gasteiger partial charge in [0.05, 0.1) is 4.90 Å². The molecule has 1 atom stereocenters. The summed E-state index contributed by atoms with van der Waals surface area (Å²) in [7, 11) is -3.43. The molecule has 1 fully saturated rings. The number of sulfonamides is 1. The Labute approximate surface area is 114 Å². The van der Waals surface area contributed by atoms with Crippen LogP contribution < -0.4 is 16.0 Å². The van der Waals surface area contributed by atoms with Crippen molar-refractivity contribution < 1.29 is 8.42 Å². The largest absolute Gasteiger partial charge is 0.324 e. The average Bonchev–Trinajstić information content (AvgIpc) is 3.21. The molecule has 19 heavy (non-hydrogen) atoms. The van der Waals surface area contributed by atoms with E-state index in [1.165, 1.54) is 12.8 Å². The number of hydrogen-bond donors (Lipinski definition) is 3. The quantitative estimate of drug-likeness (QED) is 0.526. The topological polar surface area (TPSA) is 84.2 Å². The van der Waals surface area contributed by atoms with E-state index in [1.54, 1.807) is 24.3 Å². The molecule has 5 nitrogen and oxygen atoms in total. The van der Waals surface area contributed by atoms with Gasteiger partial charge >= 0.3 is 0 Å². The summed E-state index contributed by atoms with van der Waals surface area (Å²) in [4.78, 5) is 0.278. The number of benzene rings is 1. The van der Waals surface area contributed by atoms with Gasteiger partial charge in [-0.15, -0.1) is 0 Å². The number of nitrogen functional groups attached to an aromatic ring is 1. The normalized spacial score (nSPS) is 17.2. The summed E-state index contributed by atoms with van der Waals surface area (Å²) in [6.07, 6.45) is 4.22. The highest BCUT2D eigenvalue weighted by atomic mass is 32.2. The maximum absolute atomic E-state index is 12.2. The Morgan fingerprint density at radius 2 is 1.95 bits per heavy atom. The fourth-order valence-electron chi connectivity index (χ4n) is 2.07. The molecule has 106 valence electrons. The zero-order valence-corrected chi connectivity index (χ0v) is 11.9. The monoisotopic (exact) mass is 283 g/mol. The smallest absolute Gasteiger partial charge is 0.240 e. The van der Waals surface area contributed by atoms with Gasteiger partial charge in [0.15, 0.2) is 0 Å². The molecule has 1 aromatic carbocycles. The molecule has 0 spiro atoms. The Morgan fingerprint density at radius 1 is 1.32 bits per heavy atom. The zero-order chi connectivity index (χ0) is 13.9. The first-order valence-corrected chi connectivity index (χ1v) is 8.12. The summed E-state index contributed by atoms with van der Waals surface area (Å²) in [5.74, 6) is 5.96. The fraction of sp³-hybridized carbons (Fsp3) is 0.538. The average molecular weight is 283 g/mol. The molecule has 0 amide bonds. The maximum Gasteiger partial charge on any atom is 0.240 e. The highest BCUT2D eigenvalue weighted by Gasteiger charge is 2.27. The standard InChI is InChI=1S/C13H21N3O2S/c1-2-11(9-10-3-4-10)16-19(17,18)13-7-5-12(15-14)6-8-13/h5-8,10-11,15-16H,2-4,9,14H2,1H3. The van der Waals surface area contributed by atoms with Crippen LogP contribution in [0.2, 0.25) is 0 Å². The lowest BCUT2D eigenvalue weighted by atomic mass is 10.1. The minimum atomic E-state index is -3.43. The molecule has 6 heteroatoms. The van der Waals surface area contributed by atoms with Gasteiger partial charge in [0.25, 0.3) is 0 Å². The first-order valence-electron chi connectivity index (χ1n) is 6.64. The first-order chi connectivity index (χ1) is 9.05. The molecular formula is C13H21N3O2S. The molecule has 1 aliphatic rings. The van der Waals surface area contributed by atoms with Crippen molar-refractivity contribution in [3.63, 3.8) is 0 Å². The lowest BCUT2D eigenvalue weighted by molar-refractivity contribution is 0.495. The van der Waals surface area contributed by atoms with Gasteiger partial charge in [0.2, 0.25) is 10.0 Å². The van der Waals surface area contributed by atoms with E-state index in [4.69, 9.17) is 5.84 Å². The minimum absolute atomic E-state index is 0.0322. The maximum atomic E-state index is 12.2. The molecule has 2 rings (SSSR count). The van der Waals surface area contributed by atoms with Gasteiger partial charge in [-0.05, 0) is 43.0 Å². The Kier molecular flexibility index (Phi) is 4.44. The number of anilines is 1. The molecule has 1 aliphatic carbocycles. The van der Waals surface area contributed by atoms with Gasteiger partial charge in [-0.3, -0.25) is 5.84 Å². The third-order valence-corrected chi connectivity index (χ3v) is 5.00. The van der Waals surface area contributed by atoms with Gasteiger partial charge in [0, 0.05) is 11.7 Å². The summed E-state index contributed by atoms with van der Waals surface area (Å²) in [5, 5.41) is 0. The molecule has 1 unspecified atom stereocenters. The Morgan fingerprint density at radius 3 is 2.42 bits per heavy atom. The van der Waals surface area contributed by atoms with Crippen molar-refractivity contribution in [1.29, 1.82) is 0 Å². The van der Waals surface area contributed by atoms with E-state index in [9.17, 15) is 8.42 Å². The van der Waals surface area contributed by atoms with E-state index < -0.39 is 10.0 Å². The number of hydrogen-bond acceptors (Lipinski definition) is 4. The predicted molar refractivity (Wildman–Crippen MR) is 76.0 cm³/mol. The van der Waals surface area contributed by atoms with Crippen LogP contribution in [-0.2, 0) is 10.0 Å². The van der Waals surface area contributed by atoms with Crippen LogP contribution in [0.3, 0.4) is 0 Å². The summed E-state index contributed by atoms with van der Waals surface area (Å²) in [6, 6.07) is 6.44. The van der Waals surface area contributed by atoms with E-state index in [2.05, 4.69) is 10.1 Å². The van der Waals surface area contributed by atoms with Gasteiger partial charge in [-0.2, -0.15) is 0 Å². The SMILES string of the molecule is CCC(CC1CC1)NS(=O)(=O)c1ccc(NN)cc1. The highest BCUT2D eigenvalue weighted by Crippen LogP contribution is 2.34. The minimum Gasteiger partial charge on any atom is -0.324 e. The van der Waals surface area contributed by atoms with Crippen molar-refractivity contribution >= 4 is 15.7 Å². The molecule has 0 aromatic heterocycles. The van der Waals surface area contributed by atoms with E-state index in [0.29, 0.717) is 11.6 Å². The molecule has 0 radical (unpaired) electrons. The van der Waals surface area contributed by atoms with Gasteiger partial charge in [-0.1, -0.05) is 19.8 Å². The van der Waals surface area contributed by atoms with Crippen LogP contribution in [0.25, 0.3) is 0 Å². The highest BCUT2D eigenvalue weighted by molar-refractivity contribution is 7.89. The van der Waals surface area contributed by atoms with Crippen LogP contribution in [0.4, 0.5) is 5.69 Å². The van der Waals surface area contributed by atoms with Crippen LogP contribution in [-0.4, -0.2) is 14.5 Å². The summed E-state index contributed by atoms with van der Waals surface area (Å²) >= 11 is 0. The van der Waals surface area contributed by atoms with Crippen molar-refractivity contribution in [3.05, 3.63) is 24.3 Å². The van der Waals surface area contributed by atoms with Crippen LogP contribution >= 0.6 is 0 Å². The number of nitrogens with two attached hydrogens (primary N) is 1. The Hall–Kier alpha value is -1.11. The van der Waals surface area contributed by atoms with Crippen LogP contribution in [0.5, 0.6) is 0 Å². The third kappa shape index (κ3) is 3.92. The van der Waals surface area contributed by atoms with Crippen molar-refractivity contribution in [2.75, 3.05) is 5.43 Å². The van der Waals surface area contributed by atoms with E-state index >= 15 is 0 Å². The Balaban J connectivity index is 2.06.